The largest absolute Gasteiger partial charge is 0.497 e. The molecular weight excluding hydrogens is 260 g/mol. The van der Waals surface area contributed by atoms with Crippen LogP contribution in [0.15, 0.2) is 42.6 Å². The summed E-state index contributed by atoms with van der Waals surface area (Å²) in [6, 6.07) is 13.2. The van der Waals surface area contributed by atoms with Gasteiger partial charge < -0.3 is 4.74 Å². The van der Waals surface area contributed by atoms with Gasteiger partial charge in [-0.3, -0.25) is 9.88 Å². The number of likely N-dealkylation sites (tertiary alicyclic amines) is 1. The first-order valence-electron chi connectivity index (χ1n) is 7.62. The fourth-order valence-corrected chi connectivity index (χ4v) is 2.82. The number of hydrogen-bond donors (Lipinski definition) is 0. The number of nitrogens with zero attached hydrogens (tertiary/aromatic N) is 2. The molecule has 1 unspecified atom stereocenters. The maximum absolute atomic E-state index is 5.32. The molecule has 1 atom stereocenters. The highest BCUT2D eigenvalue weighted by molar-refractivity contribution is 5.31. The van der Waals surface area contributed by atoms with Crippen molar-refractivity contribution in [1.82, 2.24) is 9.88 Å². The number of benzene rings is 1. The molecule has 110 valence electrons. The first-order valence-corrected chi connectivity index (χ1v) is 7.62. The molecule has 0 aliphatic carbocycles. The fourth-order valence-electron chi connectivity index (χ4n) is 2.82. The second-order valence-corrected chi connectivity index (χ2v) is 5.56. The molecule has 3 heteroatoms. The minimum Gasteiger partial charge on any atom is -0.497 e. The summed E-state index contributed by atoms with van der Waals surface area (Å²) in [5, 5.41) is 0. The number of methoxy groups -OCH3 is 1. The van der Waals surface area contributed by atoms with E-state index in [0.29, 0.717) is 6.04 Å². The molecule has 2 heterocycles. The van der Waals surface area contributed by atoms with Crippen LogP contribution in [-0.2, 0) is 13.0 Å². The highest BCUT2D eigenvalue weighted by Gasteiger charge is 2.29. The summed E-state index contributed by atoms with van der Waals surface area (Å²) < 4.78 is 5.32. The zero-order valence-electron chi connectivity index (χ0n) is 12.7. The summed E-state index contributed by atoms with van der Waals surface area (Å²) >= 11 is 0. The minimum atomic E-state index is 0.493. The Labute approximate surface area is 126 Å². The third kappa shape index (κ3) is 3.08. The Morgan fingerprint density at radius 3 is 2.81 bits per heavy atom. The highest BCUT2D eigenvalue weighted by Crippen LogP contribution is 2.35. The quantitative estimate of drug-likeness (QED) is 0.838. The maximum atomic E-state index is 5.32. The van der Waals surface area contributed by atoms with Crippen LogP contribution in [0.1, 0.15) is 36.2 Å². The molecule has 0 bridgehead atoms. The van der Waals surface area contributed by atoms with E-state index in [9.17, 15) is 0 Å². The van der Waals surface area contributed by atoms with Gasteiger partial charge in [0.1, 0.15) is 5.75 Å². The average Bonchev–Trinajstić information content (AvgIpc) is 2.52. The molecule has 0 amide bonds. The van der Waals surface area contributed by atoms with Crippen LogP contribution >= 0.6 is 0 Å². The van der Waals surface area contributed by atoms with Crippen molar-refractivity contribution in [3.63, 3.8) is 0 Å². The fraction of sp³-hybridized carbons (Fsp3) is 0.389. The standard InChI is InChI=1S/C18H22N2O/c1-3-14-7-8-16(19-12-14)13-20-10-9-18(20)15-5-4-6-17(11-15)21-2/h4-8,11-12,18H,3,9-10,13H2,1-2H3. The van der Waals surface area contributed by atoms with E-state index in [0.717, 1.165) is 31.0 Å². The Hall–Kier alpha value is -1.87. The molecule has 0 saturated carbocycles. The van der Waals surface area contributed by atoms with Gasteiger partial charge in [0.05, 0.1) is 12.8 Å². The summed E-state index contributed by atoms with van der Waals surface area (Å²) in [4.78, 5) is 7.04. The van der Waals surface area contributed by atoms with Gasteiger partial charge in [0, 0.05) is 25.3 Å². The van der Waals surface area contributed by atoms with Gasteiger partial charge in [-0.15, -0.1) is 0 Å². The lowest BCUT2D eigenvalue weighted by atomic mass is 9.94. The van der Waals surface area contributed by atoms with Crippen molar-refractivity contribution >= 4 is 0 Å². The third-order valence-electron chi connectivity index (χ3n) is 4.27. The number of aromatic nitrogens is 1. The SMILES string of the molecule is CCc1ccc(CN2CCC2c2cccc(OC)c2)nc1. The second-order valence-electron chi connectivity index (χ2n) is 5.56. The van der Waals surface area contributed by atoms with E-state index < -0.39 is 0 Å². The van der Waals surface area contributed by atoms with E-state index in [4.69, 9.17) is 4.74 Å². The van der Waals surface area contributed by atoms with Gasteiger partial charge in [-0.25, -0.2) is 0 Å². The average molecular weight is 282 g/mol. The Morgan fingerprint density at radius 1 is 1.29 bits per heavy atom. The van der Waals surface area contributed by atoms with Crippen molar-refractivity contribution in [2.45, 2.75) is 32.4 Å². The van der Waals surface area contributed by atoms with Gasteiger partial charge in [-0.05, 0) is 42.2 Å². The van der Waals surface area contributed by atoms with Crippen LogP contribution in [0.5, 0.6) is 5.75 Å². The normalized spacial score (nSPS) is 18.3. The molecule has 1 saturated heterocycles. The lowest BCUT2D eigenvalue weighted by Crippen LogP contribution is -2.40. The molecular formula is C18H22N2O. The van der Waals surface area contributed by atoms with Crippen LogP contribution in [0.4, 0.5) is 0 Å². The molecule has 0 N–H and O–H groups in total. The van der Waals surface area contributed by atoms with Crippen molar-refractivity contribution in [3.05, 3.63) is 59.4 Å². The second kappa shape index (κ2) is 6.27. The van der Waals surface area contributed by atoms with Crippen LogP contribution in [0, 0.1) is 0 Å². The maximum Gasteiger partial charge on any atom is 0.119 e. The molecule has 1 fully saturated rings. The van der Waals surface area contributed by atoms with Gasteiger partial charge in [-0.2, -0.15) is 0 Å². The highest BCUT2D eigenvalue weighted by atomic mass is 16.5. The van der Waals surface area contributed by atoms with Crippen molar-refractivity contribution < 1.29 is 4.74 Å². The molecule has 21 heavy (non-hydrogen) atoms. The van der Waals surface area contributed by atoms with Crippen LogP contribution in [0.3, 0.4) is 0 Å². The van der Waals surface area contributed by atoms with Crippen molar-refractivity contribution in [2.24, 2.45) is 0 Å². The predicted molar refractivity (Wildman–Crippen MR) is 84.4 cm³/mol. The summed E-state index contributed by atoms with van der Waals surface area (Å²) in [7, 11) is 1.72. The topological polar surface area (TPSA) is 25.4 Å². The molecule has 0 spiro atoms. The minimum absolute atomic E-state index is 0.493. The molecule has 2 aromatic rings. The van der Waals surface area contributed by atoms with E-state index in [1.165, 1.54) is 17.5 Å². The lowest BCUT2D eigenvalue weighted by Gasteiger charge is -2.41. The van der Waals surface area contributed by atoms with Crippen molar-refractivity contribution in [3.8, 4) is 5.75 Å². The monoisotopic (exact) mass is 282 g/mol. The van der Waals surface area contributed by atoms with Gasteiger partial charge in [0.25, 0.3) is 0 Å². The van der Waals surface area contributed by atoms with E-state index in [1.54, 1.807) is 7.11 Å². The molecule has 3 nitrogen and oxygen atoms in total. The summed E-state index contributed by atoms with van der Waals surface area (Å²) in [6.45, 7) is 4.22. The van der Waals surface area contributed by atoms with Gasteiger partial charge >= 0.3 is 0 Å². The molecule has 1 aliphatic rings. The van der Waals surface area contributed by atoms with E-state index >= 15 is 0 Å². The van der Waals surface area contributed by atoms with Gasteiger partial charge in [0.15, 0.2) is 0 Å². The van der Waals surface area contributed by atoms with Crippen LogP contribution in [0.2, 0.25) is 0 Å². The first-order chi connectivity index (χ1) is 10.3. The van der Waals surface area contributed by atoms with Crippen LogP contribution in [-0.4, -0.2) is 23.5 Å². The lowest BCUT2D eigenvalue weighted by molar-refractivity contribution is 0.0802. The van der Waals surface area contributed by atoms with Crippen LogP contribution < -0.4 is 4.74 Å². The van der Waals surface area contributed by atoms with E-state index in [-0.39, 0.29) is 0 Å². The third-order valence-corrected chi connectivity index (χ3v) is 4.27. The number of pyridine rings is 1. The molecule has 3 rings (SSSR count). The van der Waals surface area contributed by atoms with Crippen LogP contribution in [0.25, 0.3) is 0 Å². The Kier molecular flexibility index (Phi) is 4.20. The Balaban J connectivity index is 1.68. The number of aryl methyl sites for hydroxylation is 1. The molecule has 1 aromatic heterocycles. The Bertz CT molecular complexity index is 594. The van der Waals surface area contributed by atoms with Gasteiger partial charge in [-0.1, -0.05) is 25.1 Å². The first kappa shape index (κ1) is 14.1. The molecule has 1 aromatic carbocycles. The van der Waals surface area contributed by atoms with Crippen molar-refractivity contribution in [2.75, 3.05) is 13.7 Å². The summed E-state index contributed by atoms with van der Waals surface area (Å²) in [5.41, 5.74) is 3.79. The van der Waals surface area contributed by atoms with Gasteiger partial charge in [0.2, 0.25) is 0 Å². The summed E-state index contributed by atoms with van der Waals surface area (Å²) in [5.74, 6) is 0.935. The smallest absolute Gasteiger partial charge is 0.119 e. The van der Waals surface area contributed by atoms with E-state index in [2.05, 4.69) is 47.1 Å². The number of rotatable bonds is 5. The molecule has 1 aliphatic heterocycles. The van der Waals surface area contributed by atoms with Crippen molar-refractivity contribution in [1.29, 1.82) is 0 Å². The zero-order chi connectivity index (χ0) is 14.7. The summed E-state index contributed by atoms with van der Waals surface area (Å²) in [6.07, 6.45) is 4.25. The molecule has 0 radical (unpaired) electrons. The number of ether oxygens (including phenoxy) is 1. The number of hydrogen-bond acceptors (Lipinski definition) is 3. The zero-order valence-corrected chi connectivity index (χ0v) is 12.7. The Morgan fingerprint density at radius 2 is 2.19 bits per heavy atom. The van der Waals surface area contributed by atoms with E-state index in [1.807, 2.05) is 12.3 Å². The predicted octanol–water partition coefficient (Wildman–Crippen LogP) is 3.60.